The van der Waals surface area contributed by atoms with Crippen molar-refractivity contribution in [2.75, 3.05) is 19.6 Å². The summed E-state index contributed by atoms with van der Waals surface area (Å²) in [5.74, 6) is 0. The van der Waals surface area contributed by atoms with Gasteiger partial charge in [0.1, 0.15) is 0 Å². The molecule has 0 amide bonds. The predicted molar refractivity (Wildman–Crippen MR) is 77.8 cm³/mol. The van der Waals surface area contributed by atoms with Crippen molar-refractivity contribution in [2.45, 2.75) is 18.9 Å². The van der Waals surface area contributed by atoms with E-state index in [1.807, 2.05) is 0 Å². The Hall–Kier alpha value is -0.965. The van der Waals surface area contributed by atoms with Crippen molar-refractivity contribution in [3.63, 3.8) is 0 Å². The number of nitrogens with one attached hydrogen (secondary N) is 1. The van der Waals surface area contributed by atoms with E-state index >= 15 is 0 Å². The van der Waals surface area contributed by atoms with Crippen LogP contribution in [0.25, 0.3) is 0 Å². The SMILES string of the molecule is O=S(=O)(NC[C@H]1O[B-](O)(O)c2ccccc21)N1CCCC1. The van der Waals surface area contributed by atoms with E-state index in [1.54, 1.807) is 24.3 Å². The predicted octanol–water partition coefficient (Wildman–Crippen LogP) is -1.18. The molecule has 1 aromatic rings. The summed E-state index contributed by atoms with van der Waals surface area (Å²) in [5.41, 5.74) is 0.912. The fourth-order valence-electron chi connectivity index (χ4n) is 2.88. The van der Waals surface area contributed by atoms with Gasteiger partial charge in [-0.2, -0.15) is 17.4 Å². The minimum Gasteiger partial charge on any atom is -0.556 e. The molecule has 116 valence electrons. The lowest BCUT2D eigenvalue weighted by Crippen LogP contribution is -2.48. The molecule has 0 radical (unpaired) electrons. The van der Waals surface area contributed by atoms with Crippen LogP contribution in [0.4, 0.5) is 0 Å². The Balaban J connectivity index is 1.72. The van der Waals surface area contributed by atoms with Gasteiger partial charge in [0.15, 0.2) is 0 Å². The largest absolute Gasteiger partial charge is 0.556 e. The van der Waals surface area contributed by atoms with Crippen LogP contribution in [-0.4, -0.2) is 49.2 Å². The van der Waals surface area contributed by atoms with Crippen LogP contribution in [0.3, 0.4) is 0 Å². The lowest BCUT2D eigenvalue weighted by atomic mass is 9.71. The summed E-state index contributed by atoms with van der Waals surface area (Å²) in [7, 11) is -3.54. The van der Waals surface area contributed by atoms with Gasteiger partial charge in [-0.05, 0) is 18.4 Å². The number of hydrogen-bond donors (Lipinski definition) is 3. The Morgan fingerprint density at radius 2 is 1.95 bits per heavy atom. The average molecular weight is 313 g/mol. The number of benzene rings is 1. The molecule has 2 heterocycles. The van der Waals surface area contributed by atoms with Gasteiger partial charge in [0.25, 0.3) is 10.2 Å². The van der Waals surface area contributed by atoms with E-state index in [0.717, 1.165) is 12.8 Å². The average Bonchev–Trinajstić information content (AvgIpc) is 3.05. The molecule has 1 fully saturated rings. The van der Waals surface area contributed by atoms with Crippen molar-refractivity contribution in [1.82, 2.24) is 9.03 Å². The highest BCUT2D eigenvalue weighted by molar-refractivity contribution is 7.87. The van der Waals surface area contributed by atoms with Gasteiger partial charge in [-0.1, -0.05) is 24.3 Å². The molecule has 0 saturated carbocycles. The van der Waals surface area contributed by atoms with E-state index < -0.39 is 23.1 Å². The molecule has 0 aromatic heterocycles. The van der Waals surface area contributed by atoms with E-state index in [2.05, 4.69) is 4.72 Å². The quantitative estimate of drug-likeness (QED) is 0.608. The fraction of sp³-hybridized carbons (Fsp3) is 0.500. The van der Waals surface area contributed by atoms with Crippen LogP contribution >= 0.6 is 0 Å². The number of fused-ring (bicyclic) bond motifs is 1. The molecule has 7 nitrogen and oxygen atoms in total. The van der Waals surface area contributed by atoms with Gasteiger partial charge in [-0.15, -0.1) is 5.46 Å². The maximum Gasteiger partial charge on any atom is 0.405 e. The van der Waals surface area contributed by atoms with Crippen molar-refractivity contribution in [1.29, 1.82) is 0 Å². The molecule has 2 aliphatic heterocycles. The van der Waals surface area contributed by atoms with Crippen LogP contribution in [0.15, 0.2) is 24.3 Å². The minimum absolute atomic E-state index is 0.0273. The zero-order valence-electron chi connectivity index (χ0n) is 11.5. The zero-order valence-corrected chi connectivity index (χ0v) is 12.3. The molecule has 1 saturated heterocycles. The topological polar surface area (TPSA) is 99.1 Å². The van der Waals surface area contributed by atoms with Crippen LogP contribution in [0.2, 0.25) is 0 Å². The molecule has 1 aromatic carbocycles. The van der Waals surface area contributed by atoms with Crippen molar-refractivity contribution in [3.8, 4) is 0 Å². The van der Waals surface area contributed by atoms with Gasteiger partial charge in [0.05, 0.1) is 6.10 Å². The molecule has 3 N–H and O–H groups in total. The first-order valence-electron chi connectivity index (χ1n) is 7.01. The van der Waals surface area contributed by atoms with Crippen molar-refractivity contribution in [2.24, 2.45) is 0 Å². The van der Waals surface area contributed by atoms with Crippen LogP contribution in [0, 0.1) is 0 Å². The number of nitrogens with zero attached hydrogens (tertiary/aromatic N) is 1. The van der Waals surface area contributed by atoms with Gasteiger partial charge in [0.2, 0.25) is 0 Å². The second kappa shape index (κ2) is 5.34. The van der Waals surface area contributed by atoms with E-state index in [-0.39, 0.29) is 6.54 Å². The van der Waals surface area contributed by atoms with Gasteiger partial charge in [0, 0.05) is 19.6 Å². The highest BCUT2D eigenvalue weighted by Gasteiger charge is 2.38. The van der Waals surface area contributed by atoms with Gasteiger partial charge >= 0.3 is 6.75 Å². The maximum atomic E-state index is 12.1. The maximum absolute atomic E-state index is 12.1. The summed E-state index contributed by atoms with van der Waals surface area (Å²) < 4.78 is 33.3. The number of rotatable bonds is 4. The van der Waals surface area contributed by atoms with Crippen LogP contribution in [-0.2, 0) is 14.9 Å². The number of hydrogen-bond acceptors (Lipinski definition) is 5. The van der Waals surface area contributed by atoms with Gasteiger partial charge < -0.3 is 14.7 Å². The zero-order chi connectivity index (χ0) is 15.1. The lowest BCUT2D eigenvalue weighted by Gasteiger charge is -2.26. The molecular formula is C12H18BN2O5S-. The standard InChI is InChI=1S/C12H18BN2O5S/c16-13(17)11-6-2-1-5-10(11)12(20-13)9-14-21(18,19)15-7-3-4-8-15/h1-2,5-6,12,14,16-17H,3-4,7-9H2/q-1/t12-/m1/s1. The monoisotopic (exact) mass is 313 g/mol. The molecule has 0 unspecified atom stereocenters. The Kier molecular flexibility index (Phi) is 3.81. The van der Waals surface area contributed by atoms with E-state index in [1.165, 1.54) is 4.31 Å². The van der Waals surface area contributed by atoms with Crippen LogP contribution in [0.1, 0.15) is 24.5 Å². The summed E-state index contributed by atoms with van der Waals surface area (Å²) in [6.45, 7) is -2.05. The van der Waals surface area contributed by atoms with E-state index in [4.69, 9.17) is 4.65 Å². The lowest BCUT2D eigenvalue weighted by molar-refractivity contribution is 0.119. The summed E-state index contributed by atoms with van der Waals surface area (Å²) in [6.07, 6.45) is 1.03. The van der Waals surface area contributed by atoms with Crippen LogP contribution in [0.5, 0.6) is 0 Å². The Bertz CT molecular complexity index is 630. The molecule has 0 bridgehead atoms. The first-order valence-corrected chi connectivity index (χ1v) is 8.45. The van der Waals surface area contributed by atoms with Crippen LogP contribution < -0.4 is 10.2 Å². The molecule has 3 rings (SSSR count). The molecule has 9 heteroatoms. The summed E-state index contributed by atoms with van der Waals surface area (Å²) in [4.78, 5) is 0. The highest BCUT2D eigenvalue weighted by Crippen LogP contribution is 2.27. The van der Waals surface area contributed by atoms with E-state index in [9.17, 15) is 18.5 Å². The Morgan fingerprint density at radius 3 is 2.67 bits per heavy atom. The minimum atomic E-state index is -3.54. The third-order valence-corrected chi connectivity index (χ3v) is 5.53. The molecular weight excluding hydrogens is 295 g/mol. The smallest absolute Gasteiger partial charge is 0.405 e. The molecule has 0 spiro atoms. The summed E-state index contributed by atoms with van der Waals surface area (Å²) in [6, 6.07) is 6.72. The second-order valence-corrected chi connectivity index (χ2v) is 7.17. The Labute approximate surface area is 123 Å². The third kappa shape index (κ3) is 2.85. The molecule has 2 aliphatic rings. The van der Waals surface area contributed by atoms with Crippen molar-refractivity contribution < 1.29 is 23.1 Å². The summed E-state index contributed by atoms with van der Waals surface area (Å²) in [5, 5.41) is 19.7. The molecule has 1 atom stereocenters. The van der Waals surface area contributed by atoms with Crippen molar-refractivity contribution >= 4 is 22.4 Å². The summed E-state index contributed by atoms with van der Waals surface area (Å²) >= 11 is 0. The highest BCUT2D eigenvalue weighted by atomic mass is 32.2. The second-order valence-electron chi connectivity index (χ2n) is 5.42. The van der Waals surface area contributed by atoms with Gasteiger partial charge in [-0.3, -0.25) is 0 Å². The van der Waals surface area contributed by atoms with Gasteiger partial charge in [-0.25, -0.2) is 0 Å². The third-order valence-electron chi connectivity index (χ3n) is 3.96. The molecule has 0 aliphatic carbocycles. The normalized spacial score (nSPS) is 25.1. The first kappa shape index (κ1) is 15.0. The Morgan fingerprint density at radius 1 is 1.29 bits per heavy atom. The fourth-order valence-corrected chi connectivity index (χ4v) is 4.16. The van der Waals surface area contributed by atoms with Crippen molar-refractivity contribution in [3.05, 3.63) is 29.8 Å². The first-order chi connectivity index (χ1) is 9.90. The molecule has 21 heavy (non-hydrogen) atoms. The van der Waals surface area contributed by atoms with E-state index in [0.29, 0.717) is 24.1 Å².